The summed E-state index contributed by atoms with van der Waals surface area (Å²) in [4.78, 5) is 0. The molecule has 0 amide bonds. The summed E-state index contributed by atoms with van der Waals surface area (Å²) in [5.74, 6) is 0. The number of aromatic nitrogens is 3. The van der Waals surface area contributed by atoms with Gasteiger partial charge in [0.15, 0.2) is 0 Å². The minimum atomic E-state index is -2.23. The van der Waals surface area contributed by atoms with Crippen molar-refractivity contribution >= 4 is 8.56 Å². The molecule has 0 fully saturated rings. The minimum Gasteiger partial charge on any atom is -0.343 e. The Labute approximate surface area is 107 Å². The number of nitrogens with zero attached hydrogens (tertiary/aromatic N) is 3. The molecular formula is C14H15N3Si. The monoisotopic (exact) mass is 253 g/mol. The lowest BCUT2D eigenvalue weighted by Crippen LogP contribution is -2.55. The zero-order valence-corrected chi connectivity index (χ0v) is 11.1. The van der Waals surface area contributed by atoms with Gasteiger partial charge in [-0.25, -0.2) is 0 Å². The number of hydrogen-bond acceptors (Lipinski definition) is 0. The van der Waals surface area contributed by atoms with E-state index in [1.165, 1.54) is 0 Å². The van der Waals surface area contributed by atoms with E-state index in [9.17, 15) is 0 Å². The Balaban J connectivity index is 2.29. The summed E-state index contributed by atoms with van der Waals surface area (Å²) >= 11 is 0. The van der Waals surface area contributed by atoms with Gasteiger partial charge in [0, 0.05) is 0 Å². The summed E-state index contributed by atoms with van der Waals surface area (Å²) < 4.78 is 6.79. The highest BCUT2D eigenvalue weighted by atomic mass is 28.4. The topological polar surface area (TPSA) is 14.8 Å². The van der Waals surface area contributed by atoms with Gasteiger partial charge in [-0.3, -0.25) is 0 Å². The molecule has 3 aromatic rings. The largest absolute Gasteiger partial charge is 0.417 e. The Morgan fingerprint density at radius 3 is 1.11 bits per heavy atom. The van der Waals surface area contributed by atoms with Crippen LogP contribution in [0.3, 0.4) is 0 Å². The van der Waals surface area contributed by atoms with Gasteiger partial charge in [-0.1, -0.05) is 0 Å². The summed E-state index contributed by atoms with van der Waals surface area (Å²) in [6.45, 7) is 4.10. The normalized spacial score (nSPS) is 11.6. The molecule has 90 valence electrons. The van der Waals surface area contributed by atoms with Crippen LogP contribution in [-0.2, 0) is 0 Å². The van der Waals surface area contributed by atoms with Gasteiger partial charge in [0.1, 0.15) is 0 Å². The highest BCUT2D eigenvalue weighted by Crippen LogP contribution is 2.16. The summed E-state index contributed by atoms with van der Waals surface area (Å²) in [6.07, 6.45) is 12.6. The van der Waals surface area contributed by atoms with Gasteiger partial charge < -0.3 is 12.7 Å². The zero-order valence-electron chi connectivity index (χ0n) is 10.1. The molecule has 0 radical (unpaired) electrons. The molecule has 0 aliphatic carbocycles. The minimum absolute atomic E-state index is 2.05. The van der Waals surface area contributed by atoms with E-state index in [1.54, 1.807) is 0 Å². The van der Waals surface area contributed by atoms with Crippen LogP contribution in [0.4, 0.5) is 0 Å². The van der Waals surface area contributed by atoms with Crippen LogP contribution in [0.25, 0.3) is 0 Å². The van der Waals surface area contributed by atoms with E-state index in [4.69, 9.17) is 0 Å². The first-order valence-corrected chi connectivity index (χ1v) is 7.84. The molecule has 0 aliphatic rings. The van der Waals surface area contributed by atoms with Gasteiger partial charge in [0.05, 0.1) is 0 Å². The third-order valence-corrected chi connectivity index (χ3v) is 6.95. The maximum absolute atomic E-state index is 4.10. The maximum atomic E-state index is 4.10. The van der Waals surface area contributed by atoms with Crippen molar-refractivity contribution in [3.8, 4) is 0 Å². The van der Waals surface area contributed by atoms with E-state index in [1.807, 2.05) is 0 Å². The van der Waals surface area contributed by atoms with Crippen LogP contribution in [0.1, 0.15) is 0 Å². The second kappa shape index (κ2) is 4.23. The second-order valence-electron chi connectivity index (χ2n) is 4.16. The highest BCUT2D eigenvalue weighted by Gasteiger charge is 2.37. The molecular weight excluding hydrogens is 238 g/mol. The molecule has 0 unspecified atom stereocenters. The van der Waals surface area contributed by atoms with Gasteiger partial charge in [-0.15, -0.1) is 6.58 Å². The summed E-state index contributed by atoms with van der Waals surface area (Å²) in [5, 5.41) is 0. The van der Waals surface area contributed by atoms with Crippen LogP contribution in [0, 0.1) is 0 Å². The average molecular weight is 253 g/mol. The summed E-state index contributed by atoms with van der Waals surface area (Å²) in [7, 11) is -2.23. The van der Waals surface area contributed by atoms with Crippen molar-refractivity contribution in [3.05, 3.63) is 85.9 Å². The quantitative estimate of drug-likeness (QED) is 0.635. The van der Waals surface area contributed by atoms with E-state index in [0.29, 0.717) is 0 Å². The number of rotatable bonds is 4. The van der Waals surface area contributed by atoms with E-state index in [2.05, 4.69) is 98.6 Å². The van der Waals surface area contributed by atoms with Crippen LogP contribution in [0.5, 0.6) is 0 Å². The fourth-order valence-electron chi connectivity index (χ4n) is 2.38. The molecule has 0 N–H and O–H groups in total. The second-order valence-corrected chi connectivity index (χ2v) is 7.49. The predicted octanol–water partition coefficient (Wildman–Crippen LogP) is 2.70. The molecule has 4 heteroatoms. The third-order valence-electron chi connectivity index (χ3n) is 3.23. The SMILES string of the molecule is C=C[Si](n1cccc1)(n1cccc1)n1cccc1. The lowest BCUT2D eigenvalue weighted by molar-refractivity contribution is 0.924. The van der Waals surface area contributed by atoms with Gasteiger partial charge >= 0.3 is 8.56 Å². The van der Waals surface area contributed by atoms with Crippen LogP contribution < -0.4 is 0 Å². The van der Waals surface area contributed by atoms with Crippen LogP contribution in [-0.4, -0.2) is 21.3 Å². The van der Waals surface area contributed by atoms with Crippen LogP contribution >= 0.6 is 0 Å². The summed E-state index contributed by atoms with van der Waals surface area (Å²) in [6, 6.07) is 12.3. The summed E-state index contributed by atoms with van der Waals surface area (Å²) in [5.41, 5.74) is 2.08. The smallest absolute Gasteiger partial charge is 0.343 e. The lowest BCUT2D eigenvalue weighted by Gasteiger charge is -2.31. The molecule has 0 aliphatic heterocycles. The standard InChI is InChI=1S/C14H15N3Si/c1-2-18(15-9-3-4-10-15,16-11-5-6-12-16)17-13-7-8-14-17/h2-14H,1H2. The van der Waals surface area contributed by atoms with E-state index < -0.39 is 8.56 Å². The Bertz CT molecular complexity index is 522. The Kier molecular flexibility index (Phi) is 2.57. The zero-order chi connectivity index (χ0) is 12.4. The molecule has 3 aromatic heterocycles. The van der Waals surface area contributed by atoms with E-state index >= 15 is 0 Å². The van der Waals surface area contributed by atoms with Crippen molar-refractivity contribution in [1.82, 2.24) is 12.7 Å². The van der Waals surface area contributed by atoms with Gasteiger partial charge in [-0.05, 0) is 79.3 Å². The third kappa shape index (κ3) is 1.43. The fourth-order valence-corrected chi connectivity index (χ4v) is 5.64. The van der Waals surface area contributed by atoms with Gasteiger partial charge in [0.25, 0.3) is 0 Å². The molecule has 0 saturated heterocycles. The average Bonchev–Trinajstić information content (AvgIpc) is 3.16. The van der Waals surface area contributed by atoms with Crippen molar-refractivity contribution in [2.24, 2.45) is 0 Å². The first kappa shape index (κ1) is 10.9. The van der Waals surface area contributed by atoms with E-state index in [-0.39, 0.29) is 0 Å². The molecule has 0 atom stereocenters. The van der Waals surface area contributed by atoms with Crippen molar-refractivity contribution in [3.63, 3.8) is 0 Å². The van der Waals surface area contributed by atoms with Crippen molar-refractivity contribution < 1.29 is 0 Å². The Morgan fingerprint density at radius 1 is 0.611 bits per heavy atom. The Hall–Kier alpha value is -2.20. The molecule has 0 spiro atoms. The van der Waals surface area contributed by atoms with Gasteiger partial charge in [0.2, 0.25) is 0 Å². The molecule has 3 rings (SSSR count). The molecule has 3 heterocycles. The van der Waals surface area contributed by atoms with Crippen LogP contribution in [0.2, 0.25) is 0 Å². The maximum Gasteiger partial charge on any atom is 0.417 e. The van der Waals surface area contributed by atoms with Crippen molar-refractivity contribution in [1.29, 1.82) is 0 Å². The van der Waals surface area contributed by atoms with Crippen LogP contribution in [0.15, 0.2) is 85.9 Å². The lowest BCUT2D eigenvalue weighted by atomic mass is 10.7. The predicted molar refractivity (Wildman–Crippen MR) is 75.4 cm³/mol. The first-order valence-electron chi connectivity index (χ1n) is 5.92. The molecule has 18 heavy (non-hydrogen) atoms. The number of hydrogen-bond donors (Lipinski definition) is 0. The van der Waals surface area contributed by atoms with Gasteiger partial charge in [-0.2, -0.15) is 0 Å². The molecule has 0 aromatic carbocycles. The molecule has 0 bridgehead atoms. The molecule has 3 nitrogen and oxygen atoms in total. The van der Waals surface area contributed by atoms with Crippen molar-refractivity contribution in [2.75, 3.05) is 0 Å². The van der Waals surface area contributed by atoms with Crippen molar-refractivity contribution in [2.45, 2.75) is 0 Å². The highest BCUT2D eigenvalue weighted by molar-refractivity contribution is 6.80. The van der Waals surface area contributed by atoms with E-state index in [0.717, 1.165) is 0 Å². The fraction of sp³-hybridized carbons (Fsp3) is 0. The Morgan fingerprint density at radius 2 is 0.889 bits per heavy atom. The first-order chi connectivity index (χ1) is 8.88. The molecule has 0 saturated carbocycles.